The van der Waals surface area contributed by atoms with Crippen molar-refractivity contribution in [3.8, 4) is 11.5 Å². The van der Waals surface area contributed by atoms with Crippen LogP contribution in [0, 0.1) is 17.3 Å². The molecule has 2 aromatic rings. The number of benzene rings is 2. The van der Waals surface area contributed by atoms with Crippen molar-refractivity contribution < 1.29 is 23.8 Å². The molecule has 0 bridgehead atoms. The van der Waals surface area contributed by atoms with Gasteiger partial charge in [0, 0.05) is 12.3 Å². The number of para-hydroxylation sites is 2. The van der Waals surface area contributed by atoms with Crippen LogP contribution in [0.5, 0.6) is 11.5 Å². The molecule has 166 valence electrons. The molecule has 0 radical (unpaired) electrons. The molecule has 1 fully saturated rings. The Hall–Kier alpha value is -3.02. The number of carbonyl (C=O) groups excluding carboxylic acids is 2. The van der Waals surface area contributed by atoms with Gasteiger partial charge in [0.1, 0.15) is 17.3 Å². The molecule has 0 aromatic heterocycles. The highest BCUT2D eigenvalue weighted by Gasteiger charge is 2.51. The summed E-state index contributed by atoms with van der Waals surface area (Å²) in [6.45, 7) is 3.73. The van der Waals surface area contributed by atoms with Gasteiger partial charge in [-0.1, -0.05) is 24.3 Å². The summed E-state index contributed by atoms with van der Waals surface area (Å²) in [5.41, 5.74) is 0.941. The van der Waals surface area contributed by atoms with E-state index in [1.807, 2.05) is 62.4 Å². The first-order valence-corrected chi connectivity index (χ1v) is 10.5. The van der Waals surface area contributed by atoms with Crippen LogP contribution in [0.4, 0.5) is 5.69 Å². The second kappa shape index (κ2) is 9.41. The average molecular weight is 426 g/mol. The third kappa shape index (κ3) is 4.53. The van der Waals surface area contributed by atoms with Gasteiger partial charge in [0.2, 0.25) is 0 Å². The quantitative estimate of drug-likeness (QED) is 0.621. The van der Waals surface area contributed by atoms with E-state index in [0.29, 0.717) is 18.6 Å². The molecule has 3 atom stereocenters. The van der Waals surface area contributed by atoms with Crippen molar-refractivity contribution in [3.63, 3.8) is 0 Å². The minimum absolute atomic E-state index is 0.144. The Labute approximate surface area is 183 Å². The van der Waals surface area contributed by atoms with Gasteiger partial charge in [0.15, 0.2) is 0 Å². The number of methoxy groups -OCH3 is 3. The maximum absolute atomic E-state index is 13.2. The minimum Gasteiger partial charge on any atom is -0.497 e. The SMILES string of the molecule is COC(=O)C(C)(C)[C@H]1CCC(=O)[C@@H]1[C@H](Nc1ccccc1OC)c1ccc(OC)cc1. The zero-order valence-electron chi connectivity index (χ0n) is 18.8. The van der Waals surface area contributed by atoms with Crippen molar-refractivity contribution in [1.82, 2.24) is 0 Å². The molecule has 1 saturated carbocycles. The largest absolute Gasteiger partial charge is 0.497 e. The molecule has 1 N–H and O–H groups in total. The fourth-order valence-electron chi connectivity index (χ4n) is 4.63. The van der Waals surface area contributed by atoms with E-state index >= 15 is 0 Å². The van der Waals surface area contributed by atoms with Crippen molar-refractivity contribution in [2.45, 2.75) is 32.7 Å². The standard InChI is InChI=1S/C25H31NO5/c1-25(2,24(28)31-5)18-14-15-20(27)22(18)23(16-10-12-17(29-3)13-11-16)26-19-8-6-7-9-21(19)30-4/h6-13,18,22-23,26H,14-15H2,1-5H3/t18-,22+,23+/m0/s1. The van der Waals surface area contributed by atoms with Crippen LogP contribution < -0.4 is 14.8 Å². The predicted octanol–water partition coefficient (Wildman–Crippen LogP) is 4.65. The van der Waals surface area contributed by atoms with Crippen LogP contribution in [0.25, 0.3) is 0 Å². The van der Waals surface area contributed by atoms with E-state index in [0.717, 1.165) is 17.0 Å². The van der Waals surface area contributed by atoms with Crippen molar-refractivity contribution in [1.29, 1.82) is 0 Å². The number of rotatable bonds is 8. The number of ether oxygens (including phenoxy) is 3. The van der Waals surface area contributed by atoms with Gasteiger partial charge in [-0.25, -0.2) is 0 Å². The minimum atomic E-state index is -0.793. The lowest BCUT2D eigenvalue weighted by molar-refractivity contribution is -0.155. The first-order chi connectivity index (χ1) is 14.8. The molecule has 0 unspecified atom stereocenters. The summed E-state index contributed by atoms with van der Waals surface area (Å²) in [5.74, 6) is 0.710. The Morgan fingerprint density at radius 3 is 2.32 bits per heavy atom. The fraction of sp³-hybridized carbons (Fsp3) is 0.440. The Morgan fingerprint density at radius 2 is 1.71 bits per heavy atom. The summed E-state index contributed by atoms with van der Waals surface area (Å²) >= 11 is 0. The molecule has 0 amide bonds. The Balaban J connectivity index is 2.07. The first-order valence-electron chi connectivity index (χ1n) is 10.5. The normalized spacial score (nSPS) is 19.6. The molecule has 31 heavy (non-hydrogen) atoms. The van der Waals surface area contributed by atoms with E-state index in [1.165, 1.54) is 7.11 Å². The van der Waals surface area contributed by atoms with Crippen LogP contribution in [0.1, 0.15) is 38.3 Å². The molecule has 2 aromatic carbocycles. The number of esters is 1. The molecule has 0 aliphatic heterocycles. The Morgan fingerprint density at radius 1 is 1.03 bits per heavy atom. The monoisotopic (exact) mass is 425 g/mol. The van der Waals surface area contributed by atoms with Crippen LogP contribution in [0.15, 0.2) is 48.5 Å². The smallest absolute Gasteiger partial charge is 0.311 e. The number of nitrogens with one attached hydrogen (secondary N) is 1. The molecular formula is C25H31NO5. The summed E-state index contributed by atoms with van der Waals surface area (Å²) in [5, 5.41) is 3.54. The lowest BCUT2D eigenvalue weighted by Crippen LogP contribution is -2.40. The average Bonchev–Trinajstić information content (AvgIpc) is 3.19. The number of carbonyl (C=O) groups is 2. The Kier molecular flexibility index (Phi) is 6.88. The van der Waals surface area contributed by atoms with Gasteiger partial charge in [-0.15, -0.1) is 0 Å². The number of hydrogen-bond acceptors (Lipinski definition) is 6. The number of anilines is 1. The van der Waals surface area contributed by atoms with Gasteiger partial charge in [0.05, 0.1) is 38.5 Å². The van der Waals surface area contributed by atoms with Crippen LogP contribution in [-0.4, -0.2) is 33.1 Å². The van der Waals surface area contributed by atoms with E-state index in [1.54, 1.807) is 14.2 Å². The van der Waals surface area contributed by atoms with E-state index in [2.05, 4.69) is 5.32 Å². The summed E-state index contributed by atoms with van der Waals surface area (Å²) in [4.78, 5) is 25.8. The van der Waals surface area contributed by atoms with Gasteiger partial charge in [0.25, 0.3) is 0 Å². The van der Waals surface area contributed by atoms with E-state index in [-0.39, 0.29) is 23.7 Å². The van der Waals surface area contributed by atoms with Crippen molar-refractivity contribution >= 4 is 17.4 Å². The van der Waals surface area contributed by atoms with Gasteiger partial charge < -0.3 is 19.5 Å². The summed E-state index contributed by atoms with van der Waals surface area (Å²) < 4.78 is 15.9. The second-order valence-electron chi connectivity index (χ2n) is 8.45. The van der Waals surface area contributed by atoms with Crippen LogP contribution >= 0.6 is 0 Å². The molecule has 3 rings (SSSR count). The van der Waals surface area contributed by atoms with Gasteiger partial charge in [-0.05, 0) is 56.0 Å². The zero-order chi connectivity index (χ0) is 22.6. The molecule has 6 nitrogen and oxygen atoms in total. The van der Waals surface area contributed by atoms with E-state index < -0.39 is 11.3 Å². The number of ketones is 1. The first kappa shape index (κ1) is 22.7. The zero-order valence-corrected chi connectivity index (χ0v) is 18.8. The number of Topliss-reactive ketones (excluding diaryl/α,β-unsaturated/α-hetero) is 1. The molecule has 0 heterocycles. The van der Waals surface area contributed by atoms with Crippen LogP contribution in [0.3, 0.4) is 0 Å². The highest BCUT2D eigenvalue weighted by molar-refractivity contribution is 5.87. The maximum atomic E-state index is 13.2. The highest BCUT2D eigenvalue weighted by Crippen LogP contribution is 2.49. The van der Waals surface area contributed by atoms with Crippen molar-refractivity contribution in [2.24, 2.45) is 17.3 Å². The third-order valence-electron chi connectivity index (χ3n) is 6.40. The molecule has 1 aliphatic rings. The fourth-order valence-corrected chi connectivity index (χ4v) is 4.63. The molecule has 0 saturated heterocycles. The van der Waals surface area contributed by atoms with Crippen LogP contribution in [0.2, 0.25) is 0 Å². The third-order valence-corrected chi connectivity index (χ3v) is 6.40. The van der Waals surface area contributed by atoms with Gasteiger partial charge >= 0.3 is 5.97 Å². The van der Waals surface area contributed by atoms with Crippen molar-refractivity contribution in [2.75, 3.05) is 26.6 Å². The summed E-state index contributed by atoms with van der Waals surface area (Å²) in [6.07, 6.45) is 1.09. The highest BCUT2D eigenvalue weighted by atomic mass is 16.5. The summed E-state index contributed by atoms with van der Waals surface area (Å²) in [6, 6.07) is 15.0. The molecule has 6 heteroatoms. The lowest BCUT2D eigenvalue weighted by atomic mass is 9.70. The molecular weight excluding hydrogens is 394 g/mol. The second-order valence-corrected chi connectivity index (χ2v) is 8.45. The predicted molar refractivity (Wildman–Crippen MR) is 119 cm³/mol. The van der Waals surface area contributed by atoms with E-state index in [4.69, 9.17) is 14.2 Å². The lowest BCUT2D eigenvalue weighted by Gasteiger charge is -2.37. The van der Waals surface area contributed by atoms with Crippen LogP contribution in [-0.2, 0) is 14.3 Å². The van der Waals surface area contributed by atoms with Gasteiger partial charge in [-0.2, -0.15) is 0 Å². The summed E-state index contributed by atoms with van der Waals surface area (Å²) in [7, 11) is 4.63. The molecule has 0 spiro atoms. The van der Waals surface area contributed by atoms with Crippen molar-refractivity contribution in [3.05, 3.63) is 54.1 Å². The van der Waals surface area contributed by atoms with Gasteiger partial charge in [-0.3, -0.25) is 9.59 Å². The van der Waals surface area contributed by atoms with E-state index in [9.17, 15) is 9.59 Å². The maximum Gasteiger partial charge on any atom is 0.311 e. The number of hydrogen-bond donors (Lipinski definition) is 1. The Bertz CT molecular complexity index is 922. The molecule has 1 aliphatic carbocycles. The topological polar surface area (TPSA) is 73.9 Å².